The fraction of sp³-hybridized carbons (Fsp3) is 0.500. The minimum Gasteiger partial charge on any atom is -0.203 e. The van der Waals surface area contributed by atoms with Gasteiger partial charge in [-0.3, -0.25) is 0 Å². The predicted molar refractivity (Wildman–Crippen MR) is 124 cm³/mol. The quantitative estimate of drug-likeness (QED) is 0.302. The molecule has 2 fully saturated rings. The van der Waals surface area contributed by atoms with Gasteiger partial charge in [-0.25, -0.2) is 17.6 Å². The van der Waals surface area contributed by atoms with Crippen LogP contribution in [-0.4, -0.2) is 0 Å². The van der Waals surface area contributed by atoms with Gasteiger partial charge in [-0.15, -0.1) is 0 Å². The molecule has 2 aliphatic rings. The minimum atomic E-state index is -0.993. The first-order chi connectivity index (χ1) is 15.2. The van der Waals surface area contributed by atoms with Crippen LogP contribution in [0, 0.1) is 23.5 Å². The van der Waals surface area contributed by atoms with Gasteiger partial charge in [0.05, 0.1) is 0 Å². The Hall–Kier alpha value is -2.10. The van der Waals surface area contributed by atoms with Crippen molar-refractivity contribution in [3.63, 3.8) is 0 Å². The molecule has 1 aromatic carbocycles. The number of hydrogen-bond donors (Lipinski definition) is 0. The van der Waals surface area contributed by atoms with Gasteiger partial charge in [0.15, 0.2) is 23.3 Å². The SMILES string of the molecule is C=C(C)/C(F)=C(/F)C(=C)/C=C/C1CCC(c2ccc(C3CCC(C)CC3)c(F)c2F)CC1. The fourth-order valence-corrected chi connectivity index (χ4v) is 5.06. The third-order valence-corrected chi connectivity index (χ3v) is 7.23. The van der Waals surface area contributed by atoms with Crippen LogP contribution in [0.15, 0.2) is 60.2 Å². The van der Waals surface area contributed by atoms with E-state index in [1.807, 2.05) is 6.08 Å². The summed E-state index contributed by atoms with van der Waals surface area (Å²) in [6, 6.07) is 3.59. The molecule has 0 saturated heterocycles. The van der Waals surface area contributed by atoms with Gasteiger partial charge in [0.25, 0.3) is 0 Å². The molecule has 0 bridgehead atoms. The average molecular weight is 447 g/mol. The molecule has 0 aromatic heterocycles. The van der Waals surface area contributed by atoms with Gasteiger partial charge in [-0.05, 0) is 85.8 Å². The number of halogens is 4. The van der Waals surface area contributed by atoms with E-state index in [-0.39, 0.29) is 28.9 Å². The molecule has 32 heavy (non-hydrogen) atoms. The van der Waals surface area contributed by atoms with E-state index in [1.54, 1.807) is 12.1 Å². The predicted octanol–water partition coefficient (Wildman–Crippen LogP) is 9.37. The smallest absolute Gasteiger partial charge is 0.165 e. The summed E-state index contributed by atoms with van der Waals surface area (Å²) in [6.45, 7) is 10.6. The first-order valence-corrected chi connectivity index (χ1v) is 11.7. The summed E-state index contributed by atoms with van der Waals surface area (Å²) in [7, 11) is 0. The summed E-state index contributed by atoms with van der Waals surface area (Å²) in [5.74, 6) is -2.38. The standard InChI is InChI=1S/C28H34F4/c1-17(2)25(29)26(30)19(4)7-8-20-9-13-22(14-10-20)24-16-15-23(27(31)28(24)32)21-11-5-18(3)6-12-21/h7-8,15-16,18,20-22H,1,4-6,9-14H2,2-3H3/b8-7+,26-25-. The van der Waals surface area contributed by atoms with E-state index in [1.165, 1.54) is 13.0 Å². The summed E-state index contributed by atoms with van der Waals surface area (Å²) in [4.78, 5) is 0. The van der Waals surface area contributed by atoms with E-state index in [4.69, 9.17) is 0 Å². The molecule has 1 aromatic rings. The highest BCUT2D eigenvalue weighted by Crippen LogP contribution is 2.41. The molecule has 2 saturated carbocycles. The highest BCUT2D eigenvalue weighted by Gasteiger charge is 2.28. The lowest BCUT2D eigenvalue weighted by atomic mass is 9.76. The van der Waals surface area contributed by atoms with Gasteiger partial charge in [-0.1, -0.05) is 57.2 Å². The molecule has 0 aliphatic heterocycles. The molecule has 0 radical (unpaired) electrons. The molecular formula is C28H34F4. The van der Waals surface area contributed by atoms with E-state index in [0.29, 0.717) is 17.0 Å². The first-order valence-electron chi connectivity index (χ1n) is 11.7. The molecule has 0 N–H and O–H groups in total. The van der Waals surface area contributed by atoms with Crippen LogP contribution in [0.25, 0.3) is 0 Å². The third-order valence-electron chi connectivity index (χ3n) is 7.23. The average Bonchev–Trinajstić information content (AvgIpc) is 2.79. The van der Waals surface area contributed by atoms with Crippen molar-refractivity contribution in [1.82, 2.24) is 0 Å². The summed E-state index contributed by atoms with van der Waals surface area (Å²) in [6.07, 6.45) is 10.4. The number of benzene rings is 1. The van der Waals surface area contributed by atoms with Crippen LogP contribution < -0.4 is 0 Å². The molecule has 0 heterocycles. The monoisotopic (exact) mass is 446 g/mol. The van der Waals surface area contributed by atoms with Crippen molar-refractivity contribution < 1.29 is 17.6 Å². The zero-order valence-electron chi connectivity index (χ0n) is 19.2. The van der Waals surface area contributed by atoms with Crippen molar-refractivity contribution in [2.24, 2.45) is 11.8 Å². The van der Waals surface area contributed by atoms with Crippen molar-refractivity contribution >= 4 is 0 Å². The Bertz CT molecular complexity index is 908. The number of hydrogen-bond acceptors (Lipinski definition) is 0. The van der Waals surface area contributed by atoms with E-state index in [9.17, 15) is 17.6 Å². The molecule has 0 spiro atoms. The molecule has 0 atom stereocenters. The number of rotatable bonds is 6. The zero-order chi connectivity index (χ0) is 23.4. The van der Waals surface area contributed by atoms with Gasteiger partial charge in [0.2, 0.25) is 0 Å². The van der Waals surface area contributed by atoms with Crippen molar-refractivity contribution in [2.45, 2.75) is 77.0 Å². The second-order valence-electron chi connectivity index (χ2n) is 9.73. The Labute approximate surface area is 189 Å². The van der Waals surface area contributed by atoms with Gasteiger partial charge >= 0.3 is 0 Å². The van der Waals surface area contributed by atoms with Crippen LogP contribution in [-0.2, 0) is 0 Å². The normalized spacial score (nSPS) is 27.3. The second kappa shape index (κ2) is 10.7. The van der Waals surface area contributed by atoms with E-state index >= 15 is 0 Å². The van der Waals surface area contributed by atoms with Crippen LogP contribution in [0.3, 0.4) is 0 Å². The maximum Gasteiger partial charge on any atom is 0.165 e. The Morgan fingerprint density at radius 2 is 1.28 bits per heavy atom. The molecule has 0 nitrogen and oxygen atoms in total. The molecule has 3 rings (SSSR count). The molecule has 2 aliphatic carbocycles. The topological polar surface area (TPSA) is 0 Å². The summed E-state index contributed by atoms with van der Waals surface area (Å²) in [5, 5.41) is 0. The highest BCUT2D eigenvalue weighted by molar-refractivity contribution is 5.40. The van der Waals surface area contributed by atoms with Crippen LogP contribution >= 0.6 is 0 Å². The van der Waals surface area contributed by atoms with Gasteiger partial charge < -0.3 is 0 Å². The summed E-state index contributed by atoms with van der Waals surface area (Å²) in [5.41, 5.74) is 1.01. The molecule has 0 unspecified atom stereocenters. The Morgan fingerprint density at radius 3 is 1.75 bits per heavy atom. The highest BCUT2D eigenvalue weighted by atomic mass is 19.2. The zero-order valence-corrected chi connectivity index (χ0v) is 19.2. The molecular weight excluding hydrogens is 412 g/mol. The van der Waals surface area contributed by atoms with Crippen LogP contribution in [0.2, 0.25) is 0 Å². The van der Waals surface area contributed by atoms with Gasteiger partial charge in [-0.2, -0.15) is 0 Å². The van der Waals surface area contributed by atoms with Crippen molar-refractivity contribution in [3.8, 4) is 0 Å². The summed E-state index contributed by atoms with van der Waals surface area (Å²) >= 11 is 0. The Kier molecular flexibility index (Phi) is 8.19. The Morgan fingerprint density at radius 1 is 0.812 bits per heavy atom. The lowest BCUT2D eigenvalue weighted by Gasteiger charge is -2.29. The fourth-order valence-electron chi connectivity index (χ4n) is 5.06. The molecule has 4 heteroatoms. The second-order valence-corrected chi connectivity index (χ2v) is 9.73. The van der Waals surface area contributed by atoms with Gasteiger partial charge in [0, 0.05) is 5.57 Å². The lowest BCUT2D eigenvalue weighted by molar-refractivity contribution is 0.336. The molecule has 174 valence electrons. The molecule has 0 amide bonds. The van der Waals surface area contributed by atoms with Crippen LogP contribution in [0.5, 0.6) is 0 Å². The third kappa shape index (κ3) is 5.63. The number of allylic oxidation sites excluding steroid dienone is 6. The Balaban J connectivity index is 1.61. The van der Waals surface area contributed by atoms with E-state index in [0.717, 1.165) is 51.4 Å². The van der Waals surface area contributed by atoms with Crippen LogP contribution in [0.1, 0.15) is 88.2 Å². The van der Waals surface area contributed by atoms with E-state index < -0.39 is 23.3 Å². The maximum absolute atomic E-state index is 15.0. The van der Waals surface area contributed by atoms with Crippen molar-refractivity contribution in [2.75, 3.05) is 0 Å². The van der Waals surface area contributed by atoms with Crippen molar-refractivity contribution in [3.05, 3.63) is 83.0 Å². The first kappa shape index (κ1) is 24.5. The van der Waals surface area contributed by atoms with Crippen molar-refractivity contribution in [1.29, 1.82) is 0 Å². The van der Waals surface area contributed by atoms with Gasteiger partial charge in [0.1, 0.15) is 0 Å². The van der Waals surface area contributed by atoms with Crippen LogP contribution in [0.4, 0.5) is 17.6 Å². The van der Waals surface area contributed by atoms with E-state index in [2.05, 4.69) is 20.1 Å². The summed E-state index contributed by atoms with van der Waals surface area (Å²) < 4.78 is 57.5. The maximum atomic E-state index is 15.0. The lowest BCUT2D eigenvalue weighted by Crippen LogP contribution is -2.16. The largest absolute Gasteiger partial charge is 0.203 e. The minimum absolute atomic E-state index is 0.0183.